The normalized spacial score (nSPS) is 21.3. The number of amides is 1. The van der Waals surface area contributed by atoms with Crippen LogP contribution in [0.3, 0.4) is 0 Å². The Bertz CT molecular complexity index is 641. The Labute approximate surface area is 134 Å². The van der Waals surface area contributed by atoms with Gasteiger partial charge < -0.3 is 10.0 Å². The molecule has 0 unspecified atom stereocenters. The van der Waals surface area contributed by atoms with Crippen molar-refractivity contribution in [3.8, 4) is 0 Å². The van der Waals surface area contributed by atoms with Crippen molar-refractivity contribution in [1.82, 2.24) is 9.88 Å². The molecule has 2 aromatic rings. The summed E-state index contributed by atoms with van der Waals surface area (Å²) >= 11 is 1.55. The number of aliphatic hydroxyl groups excluding tert-OH is 1. The zero-order valence-electron chi connectivity index (χ0n) is 12.6. The Hall–Kier alpha value is -1.72. The summed E-state index contributed by atoms with van der Waals surface area (Å²) in [7, 11) is 0. The van der Waals surface area contributed by atoms with Gasteiger partial charge in [-0.15, -0.1) is 11.3 Å². The third-order valence-corrected chi connectivity index (χ3v) is 5.38. The summed E-state index contributed by atoms with van der Waals surface area (Å²) in [5, 5.41) is 10.3. The average molecular weight is 316 g/mol. The van der Waals surface area contributed by atoms with Crippen molar-refractivity contribution in [3.05, 3.63) is 52.0 Å². The van der Waals surface area contributed by atoms with E-state index in [0.717, 1.165) is 23.3 Å². The summed E-state index contributed by atoms with van der Waals surface area (Å²) in [6, 6.07) is 7.83. The minimum atomic E-state index is -0.456. The van der Waals surface area contributed by atoms with E-state index in [1.165, 1.54) is 4.88 Å². The van der Waals surface area contributed by atoms with Gasteiger partial charge in [0.05, 0.1) is 11.0 Å². The summed E-state index contributed by atoms with van der Waals surface area (Å²) in [4.78, 5) is 20.3. The lowest BCUT2D eigenvalue weighted by Gasteiger charge is -2.15. The topological polar surface area (TPSA) is 53.4 Å². The predicted molar refractivity (Wildman–Crippen MR) is 87.0 cm³/mol. The van der Waals surface area contributed by atoms with Crippen molar-refractivity contribution in [2.75, 3.05) is 13.1 Å². The largest absolute Gasteiger partial charge is 0.391 e. The van der Waals surface area contributed by atoms with Crippen LogP contribution in [0.4, 0.5) is 0 Å². The number of carbonyl (C=O) groups is 1. The molecule has 1 N–H and O–H groups in total. The Balaban J connectivity index is 1.66. The van der Waals surface area contributed by atoms with Gasteiger partial charge in [0.1, 0.15) is 0 Å². The van der Waals surface area contributed by atoms with E-state index in [2.05, 4.69) is 11.9 Å². The van der Waals surface area contributed by atoms with E-state index < -0.39 is 6.10 Å². The number of hydrogen-bond acceptors (Lipinski definition) is 4. The van der Waals surface area contributed by atoms with Gasteiger partial charge in [0, 0.05) is 36.3 Å². The Morgan fingerprint density at radius 1 is 1.32 bits per heavy atom. The second-order valence-corrected chi connectivity index (χ2v) is 6.88. The molecule has 0 bridgehead atoms. The van der Waals surface area contributed by atoms with Crippen LogP contribution in [0.25, 0.3) is 0 Å². The van der Waals surface area contributed by atoms with Gasteiger partial charge in [-0.3, -0.25) is 9.78 Å². The van der Waals surface area contributed by atoms with Gasteiger partial charge in [-0.25, -0.2) is 0 Å². The van der Waals surface area contributed by atoms with Crippen LogP contribution in [0.15, 0.2) is 36.7 Å². The fourth-order valence-electron chi connectivity index (χ4n) is 2.88. The number of nitrogens with zero attached hydrogens (tertiary/aromatic N) is 2. The lowest BCUT2D eigenvalue weighted by molar-refractivity contribution is 0.0769. The lowest BCUT2D eigenvalue weighted by Crippen LogP contribution is -2.28. The summed E-state index contributed by atoms with van der Waals surface area (Å²) in [5.74, 6) is 0.137. The van der Waals surface area contributed by atoms with Crippen LogP contribution in [0.1, 0.15) is 27.0 Å². The lowest BCUT2D eigenvalue weighted by atomic mass is 9.97. The van der Waals surface area contributed by atoms with Crippen molar-refractivity contribution in [3.63, 3.8) is 0 Å². The summed E-state index contributed by atoms with van der Waals surface area (Å²) in [5.41, 5.74) is 1.15. The second-order valence-electron chi connectivity index (χ2n) is 5.72. The molecular formula is C17H20N2O2S. The van der Waals surface area contributed by atoms with E-state index in [1.54, 1.807) is 28.6 Å². The first-order chi connectivity index (χ1) is 10.7. The van der Waals surface area contributed by atoms with Crippen LogP contribution in [0, 0.1) is 5.92 Å². The molecule has 4 nitrogen and oxygen atoms in total. The minimum Gasteiger partial charge on any atom is -0.391 e. The molecule has 1 amide bonds. The van der Waals surface area contributed by atoms with E-state index in [0.29, 0.717) is 13.1 Å². The smallest absolute Gasteiger partial charge is 0.264 e. The number of thiophene rings is 1. The van der Waals surface area contributed by atoms with Crippen molar-refractivity contribution in [2.45, 2.75) is 25.9 Å². The minimum absolute atomic E-state index is 0.0426. The van der Waals surface area contributed by atoms with Crippen molar-refractivity contribution in [1.29, 1.82) is 0 Å². The number of rotatable bonds is 4. The van der Waals surface area contributed by atoms with E-state index >= 15 is 0 Å². The zero-order valence-corrected chi connectivity index (χ0v) is 13.4. The first-order valence-electron chi connectivity index (χ1n) is 7.62. The van der Waals surface area contributed by atoms with Crippen molar-refractivity contribution in [2.24, 2.45) is 5.92 Å². The first kappa shape index (κ1) is 15.2. The maximum Gasteiger partial charge on any atom is 0.264 e. The van der Waals surface area contributed by atoms with Crippen LogP contribution in [-0.2, 0) is 12.8 Å². The van der Waals surface area contributed by atoms with Crippen molar-refractivity contribution < 1.29 is 9.90 Å². The fraction of sp³-hybridized carbons (Fsp3) is 0.412. The molecule has 0 aliphatic carbocycles. The van der Waals surface area contributed by atoms with Crippen LogP contribution >= 0.6 is 11.3 Å². The molecule has 1 saturated heterocycles. The van der Waals surface area contributed by atoms with Crippen LogP contribution in [0.2, 0.25) is 0 Å². The number of hydrogen-bond donors (Lipinski definition) is 1. The molecule has 1 fully saturated rings. The summed E-state index contributed by atoms with van der Waals surface area (Å²) < 4.78 is 0. The van der Waals surface area contributed by atoms with Crippen molar-refractivity contribution >= 4 is 17.2 Å². The molecule has 116 valence electrons. The Morgan fingerprint density at radius 2 is 2.09 bits per heavy atom. The molecule has 1 aliphatic rings. The number of pyridine rings is 1. The van der Waals surface area contributed by atoms with Crippen LogP contribution in [0.5, 0.6) is 0 Å². The van der Waals surface area contributed by atoms with Gasteiger partial charge in [-0.2, -0.15) is 0 Å². The Morgan fingerprint density at radius 3 is 2.77 bits per heavy atom. The highest BCUT2D eigenvalue weighted by atomic mass is 32.1. The molecule has 0 saturated carbocycles. The third-order valence-electron chi connectivity index (χ3n) is 4.16. The number of aromatic nitrogens is 1. The molecule has 22 heavy (non-hydrogen) atoms. The summed E-state index contributed by atoms with van der Waals surface area (Å²) in [6.07, 6.45) is 4.79. The van der Waals surface area contributed by atoms with Gasteiger partial charge in [0.25, 0.3) is 5.91 Å². The molecule has 5 heteroatoms. The highest BCUT2D eigenvalue weighted by molar-refractivity contribution is 7.14. The quantitative estimate of drug-likeness (QED) is 0.942. The first-order valence-corrected chi connectivity index (χ1v) is 8.44. The number of β-amino-alcohol motifs (C(OH)–C–C–N with tert-alkyl or cyclic N) is 1. The highest BCUT2D eigenvalue weighted by Crippen LogP contribution is 2.25. The van der Waals surface area contributed by atoms with Crippen LogP contribution in [-0.4, -0.2) is 40.1 Å². The fourth-order valence-corrected chi connectivity index (χ4v) is 3.80. The van der Waals surface area contributed by atoms with E-state index in [-0.39, 0.29) is 11.8 Å². The molecule has 3 rings (SSSR count). The number of aliphatic hydroxyl groups is 1. The monoisotopic (exact) mass is 316 g/mol. The third kappa shape index (κ3) is 3.20. The number of aryl methyl sites for hydroxylation is 1. The maximum atomic E-state index is 12.5. The number of likely N-dealkylation sites (tertiary alicyclic amines) is 1. The van der Waals surface area contributed by atoms with Gasteiger partial charge >= 0.3 is 0 Å². The summed E-state index contributed by atoms with van der Waals surface area (Å²) in [6.45, 7) is 3.13. The molecule has 2 atom stereocenters. The van der Waals surface area contributed by atoms with E-state index in [4.69, 9.17) is 0 Å². The molecule has 2 aromatic heterocycles. The van der Waals surface area contributed by atoms with E-state index in [1.807, 2.05) is 24.3 Å². The standard InChI is InChI=1S/C17H20N2O2S/c1-2-14-3-4-16(22-14)17(21)19-10-13(15(20)11-19)9-12-5-7-18-8-6-12/h3-8,13,15,20H,2,9-11H2,1H3/t13-,15-/m1/s1. The maximum absolute atomic E-state index is 12.5. The molecule has 1 aliphatic heterocycles. The molecule has 0 radical (unpaired) electrons. The molecular weight excluding hydrogens is 296 g/mol. The molecule has 0 aromatic carbocycles. The van der Waals surface area contributed by atoms with Gasteiger partial charge in [-0.05, 0) is 42.7 Å². The van der Waals surface area contributed by atoms with Gasteiger partial charge in [0.15, 0.2) is 0 Å². The SMILES string of the molecule is CCc1ccc(C(=O)N2C[C@@H](Cc3ccncc3)[C@H](O)C2)s1. The van der Waals surface area contributed by atoms with Crippen LogP contribution < -0.4 is 0 Å². The second kappa shape index (κ2) is 6.58. The van der Waals surface area contributed by atoms with Gasteiger partial charge in [0.2, 0.25) is 0 Å². The van der Waals surface area contributed by atoms with E-state index in [9.17, 15) is 9.90 Å². The Kier molecular flexibility index (Phi) is 4.55. The predicted octanol–water partition coefficient (Wildman–Crippen LogP) is 2.38. The highest BCUT2D eigenvalue weighted by Gasteiger charge is 2.34. The van der Waals surface area contributed by atoms with Gasteiger partial charge in [-0.1, -0.05) is 6.92 Å². The average Bonchev–Trinajstić information content (AvgIpc) is 3.15. The molecule has 3 heterocycles. The molecule has 0 spiro atoms. The number of carbonyl (C=O) groups excluding carboxylic acids is 1. The zero-order chi connectivity index (χ0) is 15.5.